The van der Waals surface area contributed by atoms with Crippen LogP contribution in [-0.2, 0) is 11.2 Å². The van der Waals surface area contributed by atoms with Gasteiger partial charge in [0.25, 0.3) is 0 Å². The van der Waals surface area contributed by atoms with Gasteiger partial charge in [0.15, 0.2) is 0 Å². The topological polar surface area (TPSA) is 52.9 Å². The first-order chi connectivity index (χ1) is 8.48. The number of benzene rings is 1. The summed E-state index contributed by atoms with van der Waals surface area (Å²) in [4.78, 5) is 11.8. The van der Waals surface area contributed by atoms with Crippen LogP contribution >= 0.6 is 0 Å². The second-order valence-electron chi connectivity index (χ2n) is 5.00. The number of aryl methyl sites for hydroxylation is 1. The molecule has 0 aliphatic rings. The van der Waals surface area contributed by atoms with E-state index in [1.165, 1.54) is 0 Å². The molecule has 0 unspecified atom stereocenters. The lowest BCUT2D eigenvalue weighted by Crippen LogP contribution is -2.48. The first-order valence-corrected chi connectivity index (χ1v) is 6.24. The summed E-state index contributed by atoms with van der Waals surface area (Å²) >= 11 is 0. The number of rotatable bonds is 5. The Labute approximate surface area is 109 Å². The van der Waals surface area contributed by atoms with Crippen molar-refractivity contribution in [3.8, 4) is 6.07 Å². The van der Waals surface area contributed by atoms with Crippen molar-refractivity contribution in [1.29, 1.82) is 5.26 Å². The van der Waals surface area contributed by atoms with E-state index in [-0.39, 0.29) is 11.8 Å². The Morgan fingerprint density at radius 1 is 1.39 bits per heavy atom. The van der Waals surface area contributed by atoms with Crippen LogP contribution in [0.15, 0.2) is 30.3 Å². The third-order valence-electron chi connectivity index (χ3n) is 3.27. The van der Waals surface area contributed by atoms with E-state index in [9.17, 15) is 4.79 Å². The van der Waals surface area contributed by atoms with Crippen molar-refractivity contribution in [2.45, 2.75) is 39.2 Å². The van der Waals surface area contributed by atoms with Crippen molar-refractivity contribution in [2.75, 3.05) is 0 Å². The average Bonchev–Trinajstić information content (AvgIpc) is 2.37. The molecular weight excluding hydrogens is 224 g/mol. The van der Waals surface area contributed by atoms with Crippen LogP contribution in [0.3, 0.4) is 0 Å². The largest absolute Gasteiger partial charge is 0.338 e. The third kappa shape index (κ3) is 3.89. The lowest BCUT2D eigenvalue weighted by atomic mass is 9.90. The molecule has 0 bridgehead atoms. The molecule has 1 N–H and O–H groups in total. The number of nitrogens with zero attached hydrogens (tertiary/aromatic N) is 1. The van der Waals surface area contributed by atoms with Gasteiger partial charge >= 0.3 is 0 Å². The number of hydrogen-bond acceptors (Lipinski definition) is 2. The van der Waals surface area contributed by atoms with Crippen LogP contribution in [-0.4, -0.2) is 11.4 Å². The van der Waals surface area contributed by atoms with Gasteiger partial charge in [-0.2, -0.15) is 5.26 Å². The fraction of sp³-hybridized carbons (Fsp3) is 0.467. The van der Waals surface area contributed by atoms with Gasteiger partial charge in [-0.1, -0.05) is 44.2 Å². The molecule has 0 saturated heterocycles. The summed E-state index contributed by atoms with van der Waals surface area (Å²) in [6, 6.07) is 12.0. The normalized spacial score (nSPS) is 13.7. The van der Waals surface area contributed by atoms with Crippen molar-refractivity contribution in [1.82, 2.24) is 5.32 Å². The zero-order valence-corrected chi connectivity index (χ0v) is 11.2. The molecule has 0 spiro atoms. The van der Waals surface area contributed by atoms with Gasteiger partial charge in [-0.25, -0.2) is 0 Å². The Balaban J connectivity index is 2.50. The molecule has 0 aliphatic carbocycles. The number of carbonyl (C=O) groups excluding carboxylic acids is 1. The summed E-state index contributed by atoms with van der Waals surface area (Å²) in [5, 5.41) is 11.9. The van der Waals surface area contributed by atoms with Gasteiger partial charge < -0.3 is 5.32 Å². The maximum atomic E-state index is 11.8. The van der Waals surface area contributed by atoms with Crippen LogP contribution in [0, 0.1) is 17.2 Å². The Bertz CT molecular complexity index is 434. The standard InChI is InChI=1S/C15H20N2O/c1-12(2)15(3,11-16)17-14(18)10-9-13-7-5-4-6-8-13/h4-8,12H,9-10H2,1-3H3,(H,17,18)/t15-/m0/s1. The van der Waals surface area contributed by atoms with Crippen molar-refractivity contribution in [2.24, 2.45) is 5.92 Å². The highest BCUT2D eigenvalue weighted by atomic mass is 16.1. The van der Waals surface area contributed by atoms with Gasteiger partial charge in [-0.05, 0) is 24.8 Å². The first kappa shape index (κ1) is 14.2. The number of hydrogen-bond donors (Lipinski definition) is 1. The summed E-state index contributed by atoms with van der Waals surface area (Å²) < 4.78 is 0. The van der Waals surface area contributed by atoms with Crippen molar-refractivity contribution >= 4 is 5.91 Å². The average molecular weight is 244 g/mol. The van der Waals surface area contributed by atoms with Gasteiger partial charge in [-0.3, -0.25) is 4.79 Å². The maximum Gasteiger partial charge on any atom is 0.221 e. The smallest absolute Gasteiger partial charge is 0.221 e. The van der Waals surface area contributed by atoms with Crippen LogP contribution < -0.4 is 5.32 Å². The predicted molar refractivity (Wildman–Crippen MR) is 71.8 cm³/mol. The third-order valence-corrected chi connectivity index (χ3v) is 3.27. The van der Waals surface area contributed by atoms with E-state index in [1.54, 1.807) is 6.92 Å². The molecule has 1 aromatic carbocycles. The van der Waals surface area contributed by atoms with E-state index < -0.39 is 5.54 Å². The predicted octanol–water partition coefficient (Wildman–Crippen LogP) is 2.67. The summed E-state index contributed by atoms with van der Waals surface area (Å²) in [7, 11) is 0. The molecule has 0 heterocycles. The molecule has 1 rings (SSSR count). The van der Waals surface area contributed by atoms with E-state index in [1.807, 2.05) is 44.2 Å². The highest BCUT2D eigenvalue weighted by molar-refractivity contribution is 5.77. The van der Waals surface area contributed by atoms with Crippen LogP contribution in [0.25, 0.3) is 0 Å². The van der Waals surface area contributed by atoms with Gasteiger partial charge in [0.05, 0.1) is 6.07 Å². The zero-order chi connectivity index (χ0) is 13.6. The minimum atomic E-state index is -0.784. The minimum absolute atomic E-state index is 0.0726. The lowest BCUT2D eigenvalue weighted by molar-refractivity contribution is -0.122. The monoisotopic (exact) mass is 244 g/mol. The number of amides is 1. The van der Waals surface area contributed by atoms with Gasteiger partial charge in [0.1, 0.15) is 5.54 Å². The molecular formula is C15H20N2O. The second kappa shape index (κ2) is 6.20. The number of nitrogens with one attached hydrogen (secondary N) is 1. The van der Waals surface area contributed by atoms with Crippen molar-refractivity contribution in [3.63, 3.8) is 0 Å². The minimum Gasteiger partial charge on any atom is -0.338 e. The fourth-order valence-electron chi connectivity index (χ4n) is 1.56. The van der Waals surface area contributed by atoms with Gasteiger partial charge in [0.2, 0.25) is 5.91 Å². The van der Waals surface area contributed by atoms with Crippen LogP contribution in [0.2, 0.25) is 0 Å². The quantitative estimate of drug-likeness (QED) is 0.865. The molecule has 1 atom stereocenters. The Hall–Kier alpha value is -1.82. The maximum absolute atomic E-state index is 11.8. The Kier molecular flexibility index (Phi) is 4.91. The van der Waals surface area contributed by atoms with E-state index >= 15 is 0 Å². The van der Waals surface area contributed by atoms with E-state index in [0.717, 1.165) is 5.56 Å². The molecule has 18 heavy (non-hydrogen) atoms. The highest BCUT2D eigenvalue weighted by Crippen LogP contribution is 2.15. The molecule has 0 radical (unpaired) electrons. The van der Waals surface area contributed by atoms with E-state index in [4.69, 9.17) is 5.26 Å². The molecule has 0 fully saturated rings. The Morgan fingerprint density at radius 2 is 2.00 bits per heavy atom. The highest BCUT2D eigenvalue weighted by Gasteiger charge is 2.29. The van der Waals surface area contributed by atoms with E-state index in [2.05, 4.69) is 11.4 Å². The van der Waals surface area contributed by atoms with Crippen LogP contribution in [0.1, 0.15) is 32.8 Å². The molecule has 3 nitrogen and oxygen atoms in total. The fourth-order valence-corrected chi connectivity index (χ4v) is 1.56. The molecule has 0 aromatic heterocycles. The molecule has 0 saturated carbocycles. The Morgan fingerprint density at radius 3 is 2.50 bits per heavy atom. The molecule has 0 aliphatic heterocycles. The lowest BCUT2D eigenvalue weighted by Gasteiger charge is -2.27. The number of nitriles is 1. The van der Waals surface area contributed by atoms with Crippen LogP contribution in [0.5, 0.6) is 0 Å². The summed E-state index contributed by atoms with van der Waals surface area (Å²) in [6.45, 7) is 5.62. The zero-order valence-electron chi connectivity index (χ0n) is 11.2. The van der Waals surface area contributed by atoms with Crippen molar-refractivity contribution < 1.29 is 4.79 Å². The first-order valence-electron chi connectivity index (χ1n) is 6.24. The van der Waals surface area contributed by atoms with Gasteiger partial charge in [0, 0.05) is 6.42 Å². The SMILES string of the molecule is CC(C)[C@](C)(C#N)NC(=O)CCc1ccccc1. The van der Waals surface area contributed by atoms with Gasteiger partial charge in [-0.15, -0.1) is 0 Å². The van der Waals surface area contributed by atoms with E-state index in [0.29, 0.717) is 12.8 Å². The van der Waals surface area contributed by atoms with Crippen molar-refractivity contribution in [3.05, 3.63) is 35.9 Å². The number of carbonyl (C=O) groups is 1. The molecule has 1 amide bonds. The molecule has 96 valence electrons. The summed E-state index contributed by atoms with van der Waals surface area (Å²) in [6.07, 6.45) is 1.11. The second-order valence-corrected chi connectivity index (χ2v) is 5.00. The molecule has 1 aromatic rings. The van der Waals surface area contributed by atoms with Crippen LogP contribution in [0.4, 0.5) is 0 Å². The molecule has 3 heteroatoms. The summed E-state index contributed by atoms with van der Waals surface area (Å²) in [5.41, 5.74) is 0.351. The summed E-state index contributed by atoms with van der Waals surface area (Å²) in [5.74, 6) is 0.0137.